The van der Waals surface area contributed by atoms with Crippen LogP contribution >= 0.6 is 0 Å². The second kappa shape index (κ2) is 7.70. The van der Waals surface area contributed by atoms with Crippen molar-refractivity contribution in [3.63, 3.8) is 0 Å². The van der Waals surface area contributed by atoms with E-state index in [0.29, 0.717) is 18.5 Å². The summed E-state index contributed by atoms with van der Waals surface area (Å²) in [7, 11) is 0. The van der Waals surface area contributed by atoms with E-state index in [2.05, 4.69) is 16.0 Å². The van der Waals surface area contributed by atoms with Crippen LogP contribution in [0.2, 0.25) is 0 Å². The Labute approximate surface area is 129 Å². The van der Waals surface area contributed by atoms with E-state index in [-0.39, 0.29) is 11.8 Å². The van der Waals surface area contributed by atoms with Crippen molar-refractivity contribution in [3.05, 3.63) is 29.8 Å². The Kier molecular flexibility index (Phi) is 5.66. The molecule has 1 heterocycles. The molecule has 0 atom stereocenters. The van der Waals surface area contributed by atoms with E-state index in [1.54, 1.807) is 12.1 Å². The van der Waals surface area contributed by atoms with Gasteiger partial charge in [0.05, 0.1) is 0 Å². The Bertz CT molecular complexity index is 566. The quantitative estimate of drug-likeness (QED) is 0.722. The number of amides is 3. The fourth-order valence-electron chi connectivity index (χ4n) is 2.48. The van der Waals surface area contributed by atoms with Crippen molar-refractivity contribution < 1.29 is 14.4 Å². The van der Waals surface area contributed by atoms with E-state index < -0.39 is 11.8 Å². The highest BCUT2D eigenvalue weighted by molar-refractivity contribution is 6.42. The van der Waals surface area contributed by atoms with Crippen LogP contribution in [0.4, 0.5) is 5.69 Å². The van der Waals surface area contributed by atoms with Crippen molar-refractivity contribution in [2.45, 2.75) is 26.2 Å². The maximum absolute atomic E-state index is 11.9. The average molecular weight is 303 g/mol. The first-order chi connectivity index (χ1) is 10.6. The van der Waals surface area contributed by atoms with Crippen LogP contribution in [0, 0.1) is 5.92 Å². The molecule has 0 aromatic heterocycles. The number of nitrogens with one attached hydrogen (secondary N) is 3. The molecular formula is C16H21N3O3. The van der Waals surface area contributed by atoms with Gasteiger partial charge in [-0.3, -0.25) is 19.7 Å². The second-order valence-corrected chi connectivity index (χ2v) is 5.31. The third kappa shape index (κ3) is 4.14. The van der Waals surface area contributed by atoms with Gasteiger partial charge in [-0.1, -0.05) is 25.1 Å². The lowest BCUT2D eigenvalue weighted by Gasteiger charge is -2.21. The smallest absolute Gasteiger partial charge is 0.316 e. The molecule has 22 heavy (non-hydrogen) atoms. The van der Waals surface area contributed by atoms with E-state index in [9.17, 15) is 14.4 Å². The Morgan fingerprint density at radius 2 is 1.82 bits per heavy atom. The molecule has 3 amide bonds. The SMILES string of the molecule is CCc1ccccc1NC(=O)C(=O)NC(=O)C1CCNCC1. The number of carbonyl (C=O) groups excluding carboxylic acids is 3. The first kappa shape index (κ1) is 16.2. The zero-order valence-electron chi connectivity index (χ0n) is 12.6. The summed E-state index contributed by atoms with van der Waals surface area (Å²) in [6.45, 7) is 3.47. The van der Waals surface area contributed by atoms with Gasteiger partial charge in [-0.25, -0.2) is 0 Å². The molecule has 2 rings (SSSR count). The van der Waals surface area contributed by atoms with Crippen molar-refractivity contribution in [3.8, 4) is 0 Å². The molecule has 0 bridgehead atoms. The van der Waals surface area contributed by atoms with Gasteiger partial charge in [-0.05, 0) is 44.0 Å². The Hall–Kier alpha value is -2.21. The predicted molar refractivity (Wildman–Crippen MR) is 83.2 cm³/mol. The molecule has 118 valence electrons. The van der Waals surface area contributed by atoms with Crippen molar-refractivity contribution in [2.24, 2.45) is 5.92 Å². The van der Waals surface area contributed by atoms with Crippen molar-refractivity contribution in [1.82, 2.24) is 10.6 Å². The highest BCUT2D eigenvalue weighted by Gasteiger charge is 2.25. The molecule has 3 N–H and O–H groups in total. The van der Waals surface area contributed by atoms with Gasteiger partial charge >= 0.3 is 11.8 Å². The summed E-state index contributed by atoms with van der Waals surface area (Å²) >= 11 is 0. The largest absolute Gasteiger partial charge is 0.318 e. The molecule has 1 aliphatic heterocycles. The number of benzene rings is 1. The molecule has 0 aliphatic carbocycles. The number of hydrogen-bond acceptors (Lipinski definition) is 4. The number of carbonyl (C=O) groups is 3. The topological polar surface area (TPSA) is 87.3 Å². The third-order valence-electron chi connectivity index (χ3n) is 3.80. The molecule has 6 nitrogen and oxygen atoms in total. The maximum atomic E-state index is 11.9. The number of piperidine rings is 1. The van der Waals surface area contributed by atoms with Crippen molar-refractivity contribution in [1.29, 1.82) is 0 Å². The van der Waals surface area contributed by atoms with E-state index in [1.165, 1.54) is 0 Å². The summed E-state index contributed by atoms with van der Waals surface area (Å²) in [6.07, 6.45) is 2.10. The van der Waals surface area contributed by atoms with Crippen LogP contribution in [-0.2, 0) is 20.8 Å². The normalized spacial score (nSPS) is 15.1. The fraction of sp³-hybridized carbons (Fsp3) is 0.438. The monoisotopic (exact) mass is 303 g/mol. The van der Waals surface area contributed by atoms with Crippen molar-refractivity contribution >= 4 is 23.4 Å². The van der Waals surface area contributed by atoms with Gasteiger partial charge in [0.2, 0.25) is 5.91 Å². The summed E-state index contributed by atoms with van der Waals surface area (Å²) in [6, 6.07) is 7.27. The van der Waals surface area contributed by atoms with Crippen molar-refractivity contribution in [2.75, 3.05) is 18.4 Å². The molecule has 0 unspecified atom stereocenters. The van der Waals surface area contributed by atoms with Gasteiger partial charge in [0.25, 0.3) is 0 Å². The standard InChI is InChI=1S/C16H21N3O3/c1-2-11-5-3-4-6-13(11)18-15(21)16(22)19-14(20)12-7-9-17-10-8-12/h3-6,12,17H,2,7-10H2,1H3,(H,18,21)(H,19,20,22). The summed E-state index contributed by atoms with van der Waals surface area (Å²) in [5, 5.41) is 7.89. The van der Waals surface area contributed by atoms with E-state index in [0.717, 1.165) is 25.1 Å². The van der Waals surface area contributed by atoms with Gasteiger partial charge < -0.3 is 10.6 Å². The van der Waals surface area contributed by atoms with Gasteiger partial charge in [0.15, 0.2) is 0 Å². The molecule has 0 radical (unpaired) electrons. The molecular weight excluding hydrogens is 282 g/mol. The minimum atomic E-state index is -0.908. The van der Waals surface area contributed by atoms with E-state index in [4.69, 9.17) is 0 Å². The summed E-state index contributed by atoms with van der Waals surface area (Å²) < 4.78 is 0. The predicted octanol–water partition coefficient (Wildman–Crippen LogP) is 0.830. The highest BCUT2D eigenvalue weighted by atomic mass is 16.2. The third-order valence-corrected chi connectivity index (χ3v) is 3.80. The summed E-state index contributed by atoms with van der Waals surface area (Å²) in [5.74, 6) is -2.30. The lowest BCUT2D eigenvalue weighted by Crippen LogP contribution is -2.44. The first-order valence-electron chi connectivity index (χ1n) is 7.56. The van der Waals surface area contributed by atoms with Crippen LogP contribution in [0.3, 0.4) is 0 Å². The number of imide groups is 1. The summed E-state index contributed by atoms with van der Waals surface area (Å²) in [4.78, 5) is 35.7. The van der Waals surface area contributed by atoms with Gasteiger partial charge in [0.1, 0.15) is 0 Å². The van der Waals surface area contributed by atoms with E-state index >= 15 is 0 Å². The highest BCUT2D eigenvalue weighted by Crippen LogP contribution is 2.15. The van der Waals surface area contributed by atoms with E-state index in [1.807, 2.05) is 19.1 Å². The minimum absolute atomic E-state index is 0.207. The number of rotatable bonds is 3. The molecule has 1 aliphatic rings. The number of anilines is 1. The lowest BCUT2D eigenvalue weighted by molar-refractivity contribution is -0.141. The summed E-state index contributed by atoms with van der Waals surface area (Å²) in [5.41, 5.74) is 1.53. The van der Waals surface area contributed by atoms with Crippen LogP contribution in [0.25, 0.3) is 0 Å². The van der Waals surface area contributed by atoms with Crippen LogP contribution in [0.15, 0.2) is 24.3 Å². The number of hydrogen-bond donors (Lipinski definition) is 3. The fourth-order valence-corrected chi connectivity index (χ4v) is 2.48. The Balaban J connectivity index is 1.91. The number of aryl methyl sites for hydroxylation is 1. The zero-order chi connectivity index (χ0) is 15.9. The second-order valence-electron chi connectivity index (χ2n) is 5.31. The first-order valence-corrected chi connectivity index (χ1v) is 7.56. The molecule has 6 heteroatoms. The Morgan fingerprint density at radius 1 is 1.14 bits per heavy atom. The Morgan fingerprint density at radius 3 is 2.50 bits per heavy atom. The molecule has 0 spiro atoms. The molecule has 0 saturated carbocycles. The molecule has 1 saturated heterocycles. The number of para-hydroxylation sites is 1. The molecule has 1 fully saturated rings. The van der Waals surface area contributed by atoms with Crippen LogP contribution < -0.4 is 16.0 Å². The average Bonchev–Trinajstić information content (AvgIpc) is 2.56. The maximum Gasteiger partial charge on any atom is 0.316 e. The van der Waals surface area contributed by atoms with Crippen LogP contribution in [0.1, 0.15) is 25.3 Å². The van der Waals surface area contributed by atoms with Gasteiger partial charge in [-0.15, -0.1) is 0 Å². The lowest BCUT2D eigenvalue weighted by atomic mass is 9.97. The van der Waals surface area contributed by atoms with Crippen LogP contribution in [0.5, 0.6) is 0 Å². The van der Waals surface area contributed by atoms with Crippen LogP contribution in [-0.4, -0.2) is 30.8 Å². The molecule has 1 aromatic carbocycles. The minimum Gasteiger partial charge on any atom is -0.318 e. The van der Waals surface area contributed by atoms with Gasteiger partial charge in [0, 0.05) is 11.6 Å². The zero-order valence-corrected chi connectivity index (χ0v) is 12.6. The molecule has 1 aromatic rings. The van der Waals surface area contributed by atoms with Gasteiger partial charge in [-0.2, -0.15) is 0 Å².